The lowest BCUT2D eigenvalue weighted by atomic mass is 9.96. The van der Waals surface area contributed by atoms with Crippen LogP contribution in [-0.4, -0.2) is 82.1 Å². The van der Waals surface area contributed by atoms with Crippen LogP contribution in [0.1, 0.15) is 163 Å². The first-order valence-electron chi connectivity index (χ1n) is 21.5. The summed E-state index contributed by atoms with van der Waals surface area (Å²) in [5.41, 5.74) is 0.712. The van der Waals surface area contributed by atoms with Crippen molar-refractivity contribution in [1.82, 2.24) is 0 Å². The molecule has 0 spiro atoms. The van der Waals surface area contributed by atoms with E-state index in [1.165, 1.54) is 57.8 Å². The van der Waals surface area contributed by atoms with Gasteiger partial charge in [-0.15, -0.1) is 0 Å². The molecule has 8 nitrogen and oxygen atoms in total. The van der Waals surface area contributed by atoms with Gasteiger partial charge in [-0.2, -0.15) is 0 Å². The summed E-state index contributed by atoms with van der Waals surface area (Å²) in [5.74, 6) is 11.7. The number of hydrogen-bond donors (Lipinski definition) is 1. The van der Waals surface area contributed by atoms with E-state index in [1.54, 1.807) is 7.11 Å². The summed E-state index contributed by atoms with van der Waals surface area (Å²) in [6, 6.07) is 0. The van der Waals surface area contributed by atoms with Crippen molar-refractivity contribution in [3.8, 4) is 23.7 Å². The highest BCUT2D eigenvalue weighted by atomic mass is 28.4. The number of aliphatic hydroxyl groups excluding tert-OH is 1. The minimum absolute atomic E-state index is 0.00237. The molecule has 9 heteroatoms. The Bertz CT molecular complexity index is 1240. The summed E-state index contributed by atoms with van der Waals surface area (Å²) >= 11 is 0. The van der Waals surface area contributed by atoms with E-state index in [4.69, 9.17) is 28.1 Å². The fourth-order valence-electron chi connectivity index (χ4n) is 7.54. The van der Waals surface area contributed by atoms with E-state index in [-0.39, 0.29) is 60.5 Å². The number of aliphatic hydroxyl groups is 1. The average molecular weight is 773 g/mol. The quantitative estimate of drug-likeness (QED) is 0.0341. The molecule has 0 saturated carbocycles. The Labute approximate surface area is 330 Å². The zero-order valence-electron chi connectivity index (χ0n) is 35.4. The first-order valence-corrected chi connectivity index (χ1v) is 24.4. The van der Waals surface area contributed by atoms with Gasteiger partial charge in [-0.25, -0.2) is 4.79 Å². The molecule has 0 radical (unpaired) electrons. The molecule has 0 aromatic heterocycles. The Morgan fingerprint density at radius 2 is 1.56 bits per heavy atom. The maximum atomic E-state index is 12.3. The van der Waals surface area contributed by atoms with Crippen LogP contribution < -0.4 is 0 Å². The molecule has 3 rings (SSSR count). The van der Waals surface area contributed by atoms with E-state index >= 15 is 0 Å². The van der Waals surface area contributed by atoms with Gasteiger partial charge in [-0.05, 0) is 94.3 Å². The monoisotopic (exact) mass is 773 g/mol. The lowest BCUT2D eigenvalue weighted by Crippen LogP contribution is -2.44. The molecule has 0 bridgehead atoms. The number of cyclic esters (lactones) is 1. The standard InChI is InChI=1S/C45H76O8Si/c1-9-10-11-12-13-14-15-16-20-23-27-40(49-34-48-6)42-30-31-43(52-42)41-29-24-28-39(51-41)38(46)26-22-19-17-18-21-25-37(53-54(7,8)45(3,4)5)33-36-32-35(2)50-44(36)47/h32,35,37-43,46H,9-16,18,20-21,23-25,27-31,33-34H2,1-8H3/t35-,37+,38+,39-,40+,41+,42+,43+/m0/s1. The van der Waals surface area contributed by atoms with Gasteiger partial charge in [0.2, 0.25) is 0 Å². The van der Waals surface area contributed by atoms with Crippen LogP contribution >= 0.6 is 0 Å². The lowest BCUT2D eigenvalue weighted by Gasteiger charge is -2.39. The predicted octanol–water partition coefficient (Wildman–Crippen LogP) is 9.96. The number of esters is 1. The second-order valence-corrected chi connectivity index (χ2v) is 22.2. The van der Waals surface area contributed by atoms with Crippen molar-refractivity contribution in [1.29, 1.82) is 0 Å². The van der Waals surface area contributed by atoms with Gasteiger partial charge >= 0.3 is 5.97 Å². The molecule has 2 saturated heterocycles. The lowest BCUT2D eigenvalue weighted by molar-refractivity contribution is -0.167. The molecule has 0 unspecified atom stereocenters. The van der Waals surface area contributed by atoms with Gasteiger partial charge in [-0.3, -0.25) is 0 Å². The van der Waals surface area contributed by atoms with Gasteiger partial charge in [0, 0.05) is 31.6 Å². The third-order valence-corrected chi connectivity index (χ3v) is 16.3. The summed E-state index contributed by atoms with van der Waals surface area (Å²) in [5, 5.41) is 11.0. The van der Waals surface area contributed by atoms with Crippen LogP contribution in [0.25, 0.3) is 0 Å². The Kier molecular flexibility index (Phi) is 21.5. The molecule has 308 valence electrons. The molecule has 3 heterocycles. The van der Waals surface area contributed by atoms with Crippen molar-refractivity contribution < 1.29 is 38.0 Å². The number of methoxy groups -OCH3 is 1. The summed E-state index contributed by atoms with van der Waals surface area (Å²) < 4.78 is 36.5. The second-order valence-electron chi connectivity index (χ2n) is 17.4. The van der Waals surface area contributed by atoms with Gasteiger partial charge in [0.25, 0.3) is 0 Å². The highest BCUT2D eigenvalue weighted by molar-refractivity contribution is 6.74. The fraction of sp³-hybridized carbons (Fsp3) is 0.844. The van der Waals surface area contributed by atoms with Crippen molar-refractivity contribution >= 4 is 14.3 Å². The smallest absolute Gasteiger partial charge is 0.334 e. The van der Waals surface area contributed by atoms with Crippen LogP contribution in [-0.2, 0) is 32.9 Å². The molecular weight excluding hydrogens is 697 g/mol. The van der Waals surface area contributed by atoms with Crippen LogP contribution in [0.3, 0.4) is 0 Å². The highest BCUT2D eigenvalue weighted by Crippen LogP contribution is 2.39. The zero-order valence-corrected chi connectivity index (χ0v) is 36.4. The maximum Gasteiger partial charge on any atom is 0.334 e. The van der Waals surface area contributed by atoms with Crippen molar-refractivity contribution in [3.05, 3.63) is 11.6 Å². The SMILES string of the molecule is CCCCCCCCCCCC[C@@H](OCOC)[C@H]1CC[C@H]([C@H]2CCC[C@@H]([C@H](O)C#CC#CCCC[C@H](CC3=C[C@H](C)OC3=O)O[Si](C)(C)C(C)(C)C)O2)O1. The van der Waals surface area contributed by atoms with Gasteiger partial charge in [0.15, 0.2) is 8.32 Å². The highest BCUT2D eigenvalue weighted by Gasteiger charge is 2.41. The van der Waals surface area contributed by atoms with E-state index in [0.717, 1.165) is 57.8 Å². The topological polar surface area (TPSA) is 92.7 Å². The summed E-state index contributed by atoms with van der Waals surface area (Å²) in [7, 11) is -0.354. The molecule has 0 amide bonds. The van der Waals surface area contributed by atoms with Gasteiger partial charge in [-0.1, -0.05) is 104 Å². The van der Waals surface area contributed by atoms with Crippen molar-refractivity contribution in [2.75, 3.05) is 13.9 Å². The van der Waals surface area contributed by atoms with Crippen LogP contribution in [0.15, 0.2) is 11.6 Å². The second kappa shape index (κ2) is 24.8. The Morgan fingerprint density at radius 1 is 0.889 bits per heavy atom. The zero-order chi connectivity index (χ0) is 39.4. The summed E-state index contributed by atoms with van der Waals surface area (Å²) in [6.07, 6.45) is 22.0. The molecule has 8 atom stereocenters. The molecule has 0 aromatic rings. The average Bonchev–Trinajstić information content (AvgIpc) is 3.74. The van der Waals surface area contributed by atoms with Gasteiger partial charge < -0.3 is 33.2 Å². The molecular formula is C45H76O8Si. The van der Waals surface area contributed by atoms with Crippen LogP contribution in [0, 0.1) is 23.7 Å². The summed E-state index contributed by atoms with van der Waals surface area (Å²) in [6.45, 7) is 15.6. The van der Waals surface area contributed by atoms with Crippen LogP contribution in [0.4, 0.5) is 0 Å². The minimum Gasteiger partial charge on any atom is -0.455 e. The Morgan fingerprint density at radius 3 is 2.20 bits per heavy atom. The Balaban J connectivity index is 1.42. The molecule has 54 heavy (non-hydrogen) atoms. The minimum atomic E-state index is -2.03. The molecule has 1 N–H and O–H groups in total. The van der Waals surface area contributed by atoms with E-state index in [9.17, 15) is 9.90 Å². The van der Waals surface area contributed by atoms with Crippen molar-refractivity contribution in [3.63, 3.8) is 0 Å². The molecule has 3 aliphatic heterocycles. The van der Waals surface area contributed by atoms with Gasteiger partial charge in [0.05, 0.1) is 30.5 Å². The normalized spacial score (nSPS) is 24.9. The number of unbranched alkanes of at least 4 members (excludes halogenated alkanes) is 10. The number of carbonyl (C=O) groups excluding carboxylic acids is 1. The molecule has 3 aliphatic rings. The molecule has 0 aromatic carbocycles. The van der Waals surface area contributed by atoms with Crippen molar-refractivity contribution in [2.45, 2.75) is 230 Å². The third kappa shape index (κ3) is 16.8. The third-order valence-electron chi connectivity index (χ3n) is 11.7. The Hall–Kier alpha value is -1.69. The summed E-state index contributed by atoms with van der Waals surface area (Å²) in [4.78, 5) is 12.3. The van der Waals surface area contributed by atoms with Crippen LogP contribution in [0.5, 0.6) is 0 Å². The van der Waals surface area contributed by atoms with Gasteiger partial charge in [0.1, 0.15) is 19.0 Å². The first kappa shape index (κ1) is 46.7. The van der Waals surface area contributed by atoms with E-state index in [0.29, 0.717) is 18.4 Å². The molecule has 0 aliphatic carbocycles. The van der Waals surface area contributed by atoms with Crippen molar-refractivity contribution in [2.24, 2.45) is 0 Å². The van der Waals surface area contributed by atoms with E-state index in [2.05, 4.69) is 64.5 Å². The predicted molar refractivity (Wildman–Crippen MR) is 219 cm³/mol. The number of rotatable bonds is 24. The number of ether oxygens (including phenoxy) is 5. The first-order chi connectivity index (χ1) is 25.8. The van der Waals surface area contributed by atoms with E-state index in [1.807, 2.05) is 13.0 Å². The fourth-order valence-corrected chi connectivity index (χ4v) is 8.93. The number of hydrogen-bond acceptors (Lipinski definition) is 8. The largest absolute Gasteiger partial charge is 0.455 e. The maximum absolute atomic E-state index is 12.3. The van der Waals surface area contributed by atoms with Crippen LogP contribution in [0.2, 0.25) is 18.1 Å². The van der Waals surface area contributed by atoms with E-state index < -0.39 is 14.4 Å². The molecule has 2 fully saturated rings. The number of carbonyl (C=O) groups is 1.